The molecule has 0 fully saturated rings. The quantitative estimate of drug-likeness (QED) is 0.267. The zero-order valence-corrected chi connectivity index (χ0v) is 29.9. The first-order valence-corrected chi connectivity index (χ1v) is 17.9. The molecular formula is C42H35B5N2O2. The lowest BCUT2D eigenvalue weighted by molar-refractivity contribution is 0.323. The van der Waals surface area contributed by atoms with E-state index in [1.807, 2.05) is 13.9 Å². The number of hydrogen-bond acceptors (Lipinski definition) is 3. The first-order chi connectivity index (χ1) is 24.7. The second kappa shape index (κ2) is 11.5. The number of benzene rings is 6. The van der Waals surface area contributed by atoms with Crippen LogP contribution in [0, 0.1) is 5.92 Å². The molecule has 240 valence electrons. The van der Waals surface area contributed by atoms with Crippen molar-refractivity contribution in [3.8, 4) is 5.69 Å². The lowest BCUT2D eigenvalue weighted by atomic mass is 9.61. The van der Waals surface area contributed by atoms with Gasteiger partial charge in [-0.15, -0.1) is 10.9 Å². The minimum absolute atomic E-state index is 0.0160. The molecule has 0 saturated heterocycles. The lowest BCUT2D eigenvalue weighted by Gasteiger charge is -2.31. The van der Waals surface area contributed by atoms with Gasteiger partial charge in [-0.3, -0.25) is 4.57 Å². The molecule has 2 aliphatic rings. The Balaban J connectivity index is 1.50. The largest absolute Gasteiger partial charge is 0.507 e. The number of para-hydroxylation sites is 2. The van der Waals surface area contributed by atoms with Gasteiger partial charge >= 0.3 is 0 Å². The minimum Gasteiger partial charge on any atom is -0.507 e. The number of allylic oxidation sites excluding steroid dienone is 2. The van der Waals surface area contributed by atoms with Crippen molar-refractivity contribution in [3.63, 3.8) is 0 Å². The van der Waals surface area contributed by atoms with Crippen molar-refractivity contribution in [2.75, 3.05) is 0 Å². The Morgan fingerprint density at radius 1 is 0.627 bits per heavy atom. The monoisotopic (exact) mass is 654 g/mol. The van der Waals surface area contributed by atoms with Crippen LogP contribution in [0.4, 0.5) is 0 Å². The third kappa shape index (κ3) is 4.30. The van der Waals surface area contributed by atoms with E-state index in [1.54, 1.807) is 0 Å². The fourth-order valence-corrected chi connectivity index (χ4v) is 8.97. The molecular weight excluding hydrogens is 619 g/mol. The van der Waals surface area contributed by atoms with Crippen LogP contribution >= 0.6 is 0 Å². The van der Waals surface area contributed by atoms with E-state index in [0.29, 0.717) is 5.47 Å². The van der Waals surface area contributed by atoms with E-state index in [4.69, 9.17) is 4.98 Å². The van der Waals surface area contributed by atoms with E-state index in [1.165, 1.54) is 27.1 Å². The molecule has 2 N–H and O–H groups in total. The van der Waals surface area contributed by atoms with Crippen molar-refractivity contribution >= 4 is 105 Å². The second-order valence-electron chi connectivity index (χ2n) is 14.2. The van der Waals surface area contributed by atoms with E-state index >= 15 is 0 Å². The summed E-state index contributed by atoms with van der Waals surface area (Å²) in [7, 11) is 10.8. The van der Waals surface area contributed by atoms with Gasteiger partial charge in [0, 0.05) is 11.8 Å². The van der Waals surface area contributed by atoms with Crippen molar-refractivity contribution in [2.24, 2.45) is 5.92 Å². The van der Waals surface area contributed by atoms with Crippen LogP contribution in [-0.2, 0) is 6.42 Å². The highest BCUT2D eigenvalue weighted by Crippen LogP contribution is 2.49. The fourth-order valence-electron chi connectivity index (χ4n) is 8.97. The van der Waals surface area contributed by atoms with E-state index in [0.717, 1.165) is 83.6 Å². The third-order valence-corrected chi connectivity index (χ3v) is 11.8. The Morgan fingerprint density at radius 3 is 2.04 bits per heavy atom. The first-order valence-electron chi connectivity index (χ1n) is 17.9. The number of fused-ring (bicyclic) bond motifs is 5. The Kier molecular flexibility index (Phi) is 7.09. The average molecular weight is 654 g/mol. The van der Waals surface area contributed by atoms with Crippen LogP contribution in [0.15, 0.2) is 126 Å². The lowest BCUT2D eigenvalue weighted by Crippen LogP contribution is -2.66. The van der Waals surface area contributed by atoms with E-state index in [2.05, 4.69) is 140 Å². The van der Waals surface area contributed by atoms with Gasteiger partial charge in [-0.1, -0.05) is 103 Å². The molecule has 0 aliphatic heterocycles. The van der Waals surface area contributed by atoms with Crippen molar-refractivity contribution in [1.82, 2.24) is 9.55 Å². The molecule has 1 aromatic heterocycles. The Hall–Kier alpha value is -5.55. The summed E-state index contributed by atoms with van der Waals surface area (Å²) in [5, 5.41) is 30.5. The predicted octanol–water partition coefficient (Wildman–Crippen LogP) is 0.184. The number of aryl methyl sites for hydroxylation is 1. The van der Waals surface area contributed by atoms with Gasteiger partial charge in [0.15, 0.2) is 0 Å². The topological polar surface area (TPSA) is 58.3 Å². The highest BCUT2D eigenvalue weighted by molar-refractivity contribution is 6.62. The van der Waals surface area contributed by atoms with Crippen LogP contribution < -0.4 is 32.3 Å². The number of aliphatic hydroxyl groups excluding tert-OH is 2. The molecule has 0 amide bonds. The third-order valence-electron chi connectivity index (χ3n) is 11.8. The molecule has 0 radical (unpaired) electrons. The predicted molar refractivity (Wildman–Crippen MR) is 227 cm³/mol. The SMILES string of the molecule is BC1=C2C(c3ccc(-n4c(CC)nc5ccccc54)c4ccccc34)=c3c(B)c(B)c(B)c(B)c3=C(c3cccc4ccccc34)C2C(O)=C1O. The number of nitrogens with zero attached hydrogens (tertiary/aromatic N) is 2. The maximum absolute atomic E-state index is 12.0. The summed E-state index contributed by atoms with van der Waals surface area (Å²) in [4.78, 5) is 5.01. The van der Waals surface area contributed by atoms with Crippen LogP contribution in [0.3, 0.4) is 0 Å². The van der Waals surface area contributed by atoms with Crippen molar-refractivity contribution in [1.29, 1.82) is 0 Å². The van der Waals surface area contributed by atoms with Crippen LogP contribution in [0.1, 0.15) is 23.9 Å². The molecule has 1 unspecified atom stereocenters. The highest BCUT2D eigenvalue weighted by Gasteiger charge is 2.41. The number of aromatic nitrogens is 2. The molecule has 0 spiro atoms. The van der Waals surface area contributed by atoms with Gasteiger partial charge in [0.1, 0.15) is 56.6 Å². The Bertz CT molecular complexity index is 2880. The second-order valence-corrected chi connectivity index (χ2v) is 14.2. The minimum atomic E-state index is -0.527. The number of rotatable bonds is 4. The van der Waals surface area contributed by atoms with Gasteiger partial charge in [0.2, 0.25) is 0 Å². The van der Waals surface area contributed by atoms with E-state index in [9.17, 15) is 10.2 Å². The van der Waals surface area contributed by atoms with Gasteiger partial charge in [0.05, 0.1) is 22.6 Å². The molecule has 4 nitrogen and oxygen atoms in total. The van der Waals surface area contributed by atoms with E-state index < -0.39 is 5.92 Å². The Labute approximate surface area is 301 Å². The maximum Gasteiger partial charge on any atom is 0.147 e. The van der Waals surface area contributed by atoms with Gasteiger partial charge in [-0.2, -0.15) is 0 Å². The molecule has 9 heteroatoms. The maximum atomic E-state index is 12.0. The van der Waals surface area contributed by atoms with Gasteiger partial charge in [-0.25, -0.2) is 4.98 Å². The van der Waals surface area contributed by atoms with Crippen LogP contribution in [-0.4, -0.2) is 59.0 Å². The summed E-state index contributed by atoms with van der Waals surface area (Å²) >= 11 is 0. The standard InChI is InChI=1S/C42H35B5N2O2/c1-2-29-48-26-16-7-8-17-28(26)49(29)27-19-18-25(22-13-5-6-14-23(22)27)30-32-33(37(44)40(47)39(46)36(32)43)31(35-34(30)38(45)42(51)41(35)50)24-15-9-11-20-10-3-4-12-21(20)24/h3-19,35,50-51H,2,43-47H2,1H3. The molecule has 1 heterocycles. The zero-order valence-electron chi connectivity index (χ0n) is 29.9. The molecule has 7 aromatic rings. The number of aliphatic hydroxyl groups is 2. The summed E-state index contributed by atoms with van der Waals surface area (Å²) in [6, 6.07) is 36.4. The summed E-state index contributed by atoms with van der Waals surface area (Å²) in [6.45, 7) is 2.16. The molecule has 1 atom stereocenters. The fraction of sp³-hybridized carbons (Fsp3) is 0.0714. The molecule has 0 saturated carbocycles. The van der Waals surface area contributed by atoms with Crippen molar-refractivity contribution < 1.29 is 10.2 Å². The highest BCUT2D eigenvalue weighted by atomic mass is 16.3. The summed E-state index contributed by atoms with van der Waals surface area (Å²) < 4.78 is 2.30. The summed E-state index contributed by atoms with van der Waals surface area (Å²) in [5.41, 5.74) is 14.0. The first kappa shape index (κ1) is 31.4. The number of hydrogen-bond donors (Lipinski definition) is 2. The smallest absolute Gasteiger partial charge is 0.147 e. The molecule has 6 aromatic carbocycles. The number of imidazole rings is 1. The zero-order chi connectivity index (χ0) is 35.3. The van der Waals surface area contributed by atoms with Crippen molar-refractivity contribution in [2.45, 2.75) is 13.3 Å². The van der Waals surface area contributed by atoms with Crippen LogP contribution in [0.5, 0.6) is 0 Å². The van der Waals surface area contributed by atoms with Gasteiger partial charge < -0.3 is 10.2 Å². The normalized spacial score (nSPS) is 15.7. The molecule has 9 rings (SSSR count). The van der Waals surface area contributed by atoms with Crippen LogP contribution in [0.25, 0.3) is 49.4 Å². The molecule has 0 bridgehead atoms. The molecule has 51 heavy (non-hydrogen) atoms. The van der Waals surface area contributed by atoms with Crippen molar-refractivity contribution in [3.05, 3.63) is 153 Å². The van der Waals surface area contributed by atoms with Gasteiger partial charge in [-0.05, 0) is 78.1 Å². The summed E-state index contributed by atoms with van der Waals surface area (Å²) in [6.07, 6.45) is 0.803. The molecule has 2 aliphatic carbocycles. The van der Waals surface area contributed by atoms with Gasteiger partial charge in [0.25, 0.3) is 0 Å². The summed E-state index contributed by atoms with van der Waals surface area (Å²) in [5.74, 6) is 0.480. The van der Waals surface area contributed by atoms with E-state index in [-0.39, 0.29) is 11.5 Å². The Morgan fingerprint density at radius 2 is 1.27 bits per heavy atom. The average Bonchev–Trinajstić information content (AvgIpc) is 3.65. The van der Waals surface area contributed by atoms with Crippen LogP contribution in [0.2, 0.25) is 0 Å².